The molecule has 1 aliphatic rings. The fraction of sp³-hybridized carbons (Fsp3) is 0.0455. The van der Waals surface area contributed by atoms with E-state index >= 15 is 0 Å². The maximum absolute atomic E-state index is 12.4. The van der Waals surface area contributed by atoms with Crippen molar-refractivity contribution in [2.75, 3.05) is 12.1 Å². The third kappa shape index (κ3) is 4.70. The van der Waals surface area contributed by atoms with E-state index in [0.717, 1.165) is 0 Å². The lowest BCUT2D eigenvalue weighted by atomic mass is 10.1. The van der Waals surface area contributed by atoms with Crippen molar-refractivity contribution in [1.29, 1.82) is 0 Å². The Morgan fingerprint density at radius 1 is 0.938 bits per heavy atom. The lowest BCUT2D eigenvalue weighted by molar-refractivity contribution is -0.384. The molecule has 0 aromatic heterocycles. The number of fused-ring (bicyclic) bond motifs is 1. The van der Waals surface area contributed by atoms with Crippen LogP contribution in [0, 0.1) is 10.1 Å². The maximum Gasteiger partial charge on any atom is 0.271 e. The Morgan fingerprint density at radius 3 is 2.50 bits per heavy atom. The first kappa shape index (κ1) is 20.5. The van der Waals surface area contributed by atoms with Gasteiger partial charge in [-0.05, 0) is 48.0 Å². The Bertz CT molecular complexity index is 1240. The molecule has 32 heavy (non-hydrogen) atoms. The second-order valence-electron chi connectivity index (χ2n) is 6.65. The van der Waals surface area contributed by atoms with Gasteiger partial charge in [-0.2, -0.15) is 5.10 Å². The molecule has 0 spiro atoms. The zero-order valence-electron chi connectivity index (χ0n) is 16.5. The minimum absolute atomic E-state index is 0.127. The number of nitrogens with one attached hydrogen (secondary N) is 2. The normalized spacial score (nSPS) is 11.9. The first-order chi connectivity index (χ1) is 15.5. The number of benzene rings is 3. The number of amides is 2. The molecule has 0 atom stereocenters. The highest BCUT2D eigenvalue weighted by atomic mass is 16.7. The minimum atomic E-state index is -0.578. The molecule has 0 saturated carbocycles. The Labute approximate surface area is 181 Å². The monoisotopic (exact) mass is 432 g/mol. The molecule has 4 rings (SSSR count). The first-order valence-corrected chi connectivity index (χ1v) is 9.38. The molecule has 3 aromatic carbocycles. The lowest BCUT2D eigenvalue weighted by Gasteiger charge is -2.07. The van der Waals surface area contributed by atoms with Gasteiger partial charge in [-0.25, -0.2) is 5.43 Å². The van der Waals surface area contributed by atoms with Crippen molar-refractivity contribution in [3.05, 3.63) is 93.5 Å². The van der Waals surface area contributed by atoms with Gasteiger partial charge in [-0.3, -0.25) is 19.7 Å². The number of carbonyl (C=O) groups is 2. The number of nitro benzene ring substituents is 1. The Balaban J connectivity index is 1.40. The third-order valence-corrected chi connectivity index (χ3v) is 4.48. The maximum atomic E-state index is 12.4. The van der Waals surface area contributed by atoms with Crippen molar-refractivity contribution < 1.29 is 24.0 Å². The summed E-state index contributed by atoms with van der Waals surface area (Å²) in [5.41, 5.74) is 3.70. The van der Waals surface area contributed by atoms with E-state index in [2.05, 4.69) is 15.8 Å². The van der Waals surface area contributed by atoms with Crippen molar-refractivity contribution in [3.8, 4) is 11.5 Å². The Kier molecular flexibility index (Phi) is 5.75. The number of rotatable bonds is 6. The van der Waals surface area contributed by atoms with Gasteiger partial charge in [0.1, 0.15) is 0 Å². The van der Waals surface area contributed by atoms with Crippen LogP contribution in [-0.2, 0) is 0 Å². The number of hydrazone groups is 1. The SMILES string of the molecule is O=C(N/N=C\c1ccc2c(c1)OCO2)c1cccc(NC(=O)c2cccc([N+](=O)[O-])c2)c1. The smallest absolute Gasteiger partial charge is 0.271 e. The van der Waals surface area contributed by atoms with Crippen LogP contribution in [0.15, 0.2) is 71.8 Å². The highest BCUT2D eigenvalue weighted by molar-refractivity contribution is 6.05. The van der Waals surface area contributed by atoms with Crippen LogP contribution in [0.3, 0.4) is 0 Å². The average Bonchev–Trinajstić information content (AvgIpc) is 3.27. The average molecular weight is 432 g/mol. The lowest BCUT2D eigenvalue weighted by Crippen LogP contribution is -2.18. The molecule has 3 aromatic rings. The van der Waals surface area contributed by atoms with E-state index in [9.17, 15) is 19.7 Å². The summed E-state index contributed by atoms with van der Waals surface area (Å²) >= 11 is 0. The summed E-state index contributed by atoms with van der Waals surface area (Å²) in [5.74, 6) is 0.239. The number of non-ortho nitro benzene ring substituents is 1. The van der Waals surface area contributed by atoms with Gasteiger partial charge < -0.3 is 14.8 Å². The summed E-state index contributed by atoms with van der Waals surface area (Å²) in [4.78, 5) is 35.1. The van der Waals surface area contributed by atoms with Crippen molar-refractivity contribution in [2.24, 2.45) is 5.10 Å². The van der Waals surface area contributed by atoms with E-state index in [0.29, 0.717) is 22.7 Å². The number of hydrogen-bond acceptors (Lipinski definition) is 7. The predicted octanol–water partition coefficient (Wildman–Crippen LogP) is 3.34. The number of anilines is 1. The molecule has 0 fully saturated rings. The highest BCUT2D eigenvalue weighted by Gasteiger charge is 2.14. The van der Waals surface area contributed by atoms with Crippen molar-refractivity contribution in [3.63, 3.8) is 0 Å². The van der Waals surface area contributed by atoms with E-state index < -0.39 is 16.7 Å². The molecule has 1 heterocycles. The van der Waals surface area contributed by atoms with Gasteiger partial charge in [0.2, 0.25) is 6.79 Å². The van der Waals surface area contributed by atoms with E-state index in [-0.39, 0.29) is 23.6 Å². The van der Waals surface area contributed by atoms with Crippen LogP contribution in [0.5, 0.6) is 11.5 Å². The van der Waals surface area contributed by atoms with Crippen LogP contribution in [-0.4, -0.2) is 29.7 Å². The molecule has 10 heteroatoms. The van der Waals surface area contributed by atoms with E-state index in [4.69, 9.17) is 9.47 Å². The third-order valence-electron chi connectivity index (χ3n) is 4.48. The summed E-state index contributed by atoms with van der Waals surface area (Å²) in [6.45, 7) is 0.167. The van der Waals surface area contributed by atoms with Gasteiger partial charge in [0, 0.05) is 28.9 Å². The van der Waals surface area contributed by atoms with Crippen LogP contribution >= 0.6 is 0 Å². The van der Waals surface area contributed by atoms with Gasteiger partial charge in [-0.15, -0.1) is 0 Å². The molecular weight excluding hydrogens is 416 g/mol. The number of nitro groups is 1. The first-order valence-electron chi connectivity index (χ1n) is 9.38. The predicted molar refractivity (Wildman–Crippen MR) is 115 cm³/mol. The number of carbonyl (C=O) groups excluding carboxylic acids is 2. The minimum Gasteiger partial charge on any atom is -0.454 e. The Morgan fingerprint density at radius 2 is 1.69 bits per heavy atom. The van der Waals surface area contributed by atoms with Gasteiger partial charge in [0.15, 0.2) is 11.5 Å². The van der Waals surface area contributed by atoms with Gasteiger partial charge in [-0.1, -0.05) is 12.1 Å². The molecular formula is C22H16N4O6. The zero-order chi connectivity index (χ0) is 22.5. The van der Waals surface area contributed by atoms with E-state index in [1.54, 1.807) is 36.4 Å². The van der Waals surface area contributed by atoms with Crippen LogP contribution in [0.4, 0.5) is 11.4 Å². The highest BCUT2D eigenvalue weighted by Crippen LogP contribution is 2.31. The Hall–Kier alpha value is -4.73. The van der Waals surface area contributed by atoms with Crippen molar-refractivity contribution in [1.82, 2.24) is 5.43 Å². The number of nitrogens with zero attached hydrogens (tertiary/aromatic N) is 2. The molecule has 0 saturated heterocycles. The standard InChI is InChI=1S/C22H16N4O6/c27-21(16-4-2-6-18(11-16)26(29)30)24-17-5-1-3-15(10-17)22(28)25-23-12-14-7-8-19-20(9-14)32-13-31-19/h1-12H,13H2,(H,24,27)(H,25,28)/b23-12-. The summed E-state index contributed by atoms with van der Waals surface area (Å²) in [6.07, 6.45) is 1.47. The molecule has 0 unspecified atom stereocenters. The largest absolute Gasteiger partial charge is 0.454 e. The molecule has 10 nitrogen and oxygen atoms in total. The number of hydrogen-bond donors (Lipinski definition) is 2. The van der Waals surface area contributed by atoms with Gasteiger partial charge in [0.25, 0.3) is 17.5 Å². The molecule has 0 aliphatic carbocycles. The summed E-state index contributed by atoms with van der Waals surface area (Å²) < 4.78 is 10.5. The molecule has 1 aliphatic heterocycles. The summed E-state index contributed by atoms with van der Waals surface area (Å²) in [6, 6.07) is 16.9. The second kappa shape index (κ2) is 8.96. The fourth-order valence-electron chi connectivity index (χ4n) is 2.93. The van der Waals surface area contributed by atoms with Crippen LogP contribution in [0.1, 0.15) is 26.3 Å². The second-order valence-corrected chi connectivity index (χ2v) is 6.65. The fourth-order valence-corrected chi connectivity index (χ4v) is 2.93. The number of ether oxygens (including phenoxy) is 2. The van der Waals surface area contributed by atoms with Crippen molar-refractivity contribution in [2.45, 2.75) is 0 Å². The molecule has 160 valence electrons. The van der Waals surface area contributed by atoms with E-state index in [1.807, 2.05) is 0 Å². The van der Waals surface area contributed by atoms with Crippen LogP contribution in [0.2, 0.25) is 0 Å². The summed E-state index contributed by atoms with van der Waals surface area (Å²) in [7, 11) is 0. The van der Waals surface area contributed by atoms with Gasteiger partial charge >= 0.3 is 0 Å². The van der Waals surface area contributed by atoms with Crippen LogP contribution < -0.4 is 20.2 Å². The van der Waals surface area contributed by atoms with Crippen molar-refractivity contribution >= 4 is 29.4 Å². The van der Waals surface area contributed by atoms with E-state index in [1.165, 1.54) is 36.5 Å². The topological polar surface area (TPSA) is 132 Å². The molecule has 0 radical (unpaired) electrons. The molecule has 2 N–H and O–H groups in total. The molecule has 0 bridgehead atoms. The van der Waals surface area contributed by atoms with Gasteiger partial charge in [0.05, 0.1) is 11.1 Å². The zero-order valence-corrected chi connectivity index (χ0v) is 16.5. The molecule has 2 amide bonds. The quantitative estimate of drug-likeness (QED) is 0.349. The summed E-state index contributed by atoms with van der Waals surface area (Å²) in [5, 5.41) is 17.4. The van der Waals surface area contributed by atoms with Crippen LogP contribution in [0.25, 0.3) is 0 Å².